The van der Waals surface area contributed by atoms with Gasteiger partial charge in [0.05, 0.1) is 13.2 Å². The zero-order valence-electron chi connectivity index (χ0n) is 10.6. The first kappa shape index (κ1) is 14.9. The fourth-order valence-corrected chi connectivity index (χ4v) is 1.43. The van der Waals surface area contributed by atoms with E-state index in [1.54, 1.807) is 7.11 Å². The molecule has 0 aliphatic rings. The van der Waals surface area contributed by atoms with Gasteiger partial charge in [-0.15, -0.1) is 0 Å². The molecule has 0 radical (unpaired) electrons. The Morgan fingerprint density at radius 3 is 2.60 bits per heavy atom. The molecule has 0 heterocycles. The third kappa shape index (κ3) is 11.8. The summed E-state index contributed by atoms with van der Waals surface area (Å²) in [4.78, 5) is 0. The Kier molecular flexibility index (Phi) is 11.9. The average molecular weight is 217 g/mol. The highest BCUT2D eigenvalue weighted by atomic mass is 16.5. The van der Waals surface area contributed by atoms with Crippen LogP contribution in [0.3, 0.4) is 0 Å². The summed E-state index contributed by atoms with van der Waals surface area (Å²) in [5.74, 6) is 0.781. The van der Waals surface area contributed by atoms with Crippen LogP contribution in [0.15, 0.2) is 0 Å². The minimum Gasteiger partial charge on any atom is -0.382 e. The minimum atomic E-state index is 0.705. The van der Waals surface area contributed by atoms with Gasteiger partial charge in [0.25, 0.3) is 0 Å². The number of hydrogen-bond acceptors (Lipinski definition) is 3. The molecule has 0 bridgehead atoms. The lowest BCUT2D eigenvalue weighted by atomic mass is 10.0. The molecule has 0 saturated carbocycles. The molecule has 3 nitrogen and oxygen atoms in total. The molecule has 0 aromatic heterocycles. The van der Waals surface area contributed by atoms with Crippen molar-refractivity contribution in [1.29, 1.82) is 0 Å². The van der Waals surface area contributed by atoms with Crippen LogP contribution in [0.5, 0.6) is 0 Å². The Balaban J connectivity index is 3.02. The topological polar surface area (TPSA) is 30.5 Å². The molecule has 0 rings (SSSR count). The van der Waals surface area contributed by atoms with Gasteiger partial charge in [-0.1, -0.05) is 20.3 Å². The number of ether oxygens (including phenoxy) is 2. The molecule has 0 spiro atoms. The first-order valence-electron chi connectivity index (χ1n) is 6.08. The van der Waals surface area contributed by atoms with Gasteiger partial charge < -0.3 is 14.8 Å². The van der Waals surface area contributed by atoms with Gasteiger partial charge in [0.1, 0.15) is 0 Å². The smallest absolute Gasteiger partial charge is 0.0700 e. The summed E-state index contributed by atoms with van der Waals surface area (Å²) in [6.07, 6.45) is 3.72. The lowest BCUT2D eigenvalue weighted by molar-refractivity contribution is 0.0682. The zero-order valence-corrected chi connectivity index (χ0v) is 10.6. The van der Waals surface area contributed by atoms with Crippen molar-refractivity contribution >= 4 is 0 Å². The molecule has 15 heavy (non-hydrogen) atoms. The van der Waals surface area contributed by atoms with Crippen molar-refractivity contribution in [2.75, 3.05) is 40.0 Å². The second-order valence-electron chi connectivity index (χ2n) is 4.01. The van der Waals surface area contributed by atoms with E-state index < -0.39 is 0 Å². The van der Waals surface area contributed by atoms with E-state index in [9.17, 15) is 0 Å². The largest absolute Gasteiger partial charge is 0.382 e. The molecule has 0 fully saturated rings. The molecule has 0 aliphatic heterocycles. The van der Waals surface area contributed by atoms with Gasteiger partial charge in [-0.05, 0) is 31.8 Å². The van der Waals surface area contributed by atoms with Crippen molar-refractivity contribution in [3.05, 3.63) is 0 Å². The standard InChI is InChI=1S/C12H27NO2/c1-4-13-11-12(2)7-5-6-8-15-10-9-14-3/h12-13H,4-11H2,1-3H3. The van der Waals surface area contributed by atoms with Crippen LogP contribution in [0, 0.1) is 5.92 Å². The van der Waals surface area contributed by atoms with Crippen LogP contribution < -0.4 is 5.32 Å². The Labute approximate surface area is 94.5 Å². The van der Waals surface area contributed by atoms with Crippen LogP contribution in [-0.2, 0) is 9.47 Å². The quantitative estimate of drug-likeness (QED) is 0.537. The molecule has 0 saturated heterocycles. The summed E-state index contributed by atoms with van der Waals surface area (Å²) in [6.45, 7) is 8.97. The van der Waals surface area contributed by atoms with Crippen molar-refractivity contribution < 1.29 is 9.47 Å². The molecule has 1 unspecified atom stereocenters. The summed E-state index contributed by atoms with van der Waals surface area (Å²) < 4.78 is 10.3. The second-order valence-corrected chi connectivity index (χ2v) is 4.01. The third-order valence-corrected chi connectivity index (χ3v) is 2.41. The normalized spacial score (nSPS) is 13.0. The van der Waals surface area contributed by atoms with Gasteiger partial charge in [0.15, 0.2) is 0 Å². The van der Waals surface area contributed by atoms with Gasteiger partial charge in [0.2, 0.25) is 0 Å². The van der Waals surface area contributed by atoms with Crippen LogP contribution in [0.1, 0.15) is 33.1 Å². The van der Waals surface area contributed by atoms with Crippen LogP contribution in [-0.4, -0.2) is 40.0 Å². The first-order valence-corrected chi connectivity index (χ1v) is 6.08. The van der Waals surface area contributed by atoms with E-state index in [1.165, 1.54) is 19.3 Å². The monoisotopic (exact) mass is 217 g/mol. The summed E-state index contributed by atoms with van der Waals surface area (Å²) in [5.41, 5.74) is 0. The number of nitrogens with one attached hydrogen (secondary N) is 1. The van der Waals surface area contributed by atoms with Crippen molar-refractivity contribution in [3.8, 4) is 0 Å². The molecule has 92 valence electrons. The van der Waals surface area contributed by atoms with E-state index in [1.807, 2.05) is 0 Å². The second kappa shape index (κ2) is 12.0. The van der Waals surface area contributed by atoms with Crippen LogP contribution in [0.2, 0.25) is 0 Å². The molecule has 0 amide bonds. The number of hydrogen-bond donors (Lipinski definition) is 1. The lowest BCUT2D eigenvalue weighted by Gasteiger charge is -2.11. The lowest BCUT2D eigenvalue weighted by Crippen LogP contribution is -2.20. The SMILES string of the molecule is CCNCC(C)CCCCOCCOC. The van der Waals surface area contributed by atoms with Crippen molar-refractivity contribution in [1.82, 2.24) is 5.32 Å². The maximum atomic E-state index is 5.40. The maximum Gasteiger partial charge on any atom is 0.0700 e. The van der Waals surface area contributed by atoms with Crippen molar-refractivity contribution in [2.45, 2.75) is 33.1 Å². The summed E-state index contributed by atoms with van der Waals surface area (Å²) in [7, 11) is 1.70. The third-order valence-electron chi connectivity index (χ3n) is 2.41. The molecular weight excluding hydrogens is 190 g/mol. The van der Waals surface area contributed by atoms with Gasteiger partial charge >= 0.3 is 0 Å². The Morgan fingerprint density at radius 1 is 1.13 bits per heavy atom. The van der Waals surface area contributed by atoms with E-state index in [4.69, 9.17) is 9.47 Å². The van der Waals surface area contributed by atoms with E-state index >= 15 is 0 Å². The highest BCUT2D eigenvalue weighted by Crippen LogP contribution is 2.06. The molecule has 0 aliphatic carbocycles. The van der Waals surface area contributed by atoms with E-state index in [-0.39, 0.29) is 0 Å². The highest BCUT2D eigenvalue weighted by molar-refractivity contribution is 4.56. The fraction of sp³-hybridized carbons (Fsp3) is 1.00. The Hall–Kier alpha value is -0.120. The molecule has 0 aromatic rings. The predicted molar refractivity (Wildman–Crippen MR) is 64.3 cm³/mol. The van der Waals surface area contributed by atoms with Crippen LogP contribution in [0.25, 0.3) is 0 Å². The predicted octanol–water partition coefficient (Wildman–Crippen LogP) is 2.07. The van der Waals surface area contributed by atoms with Crippen molar-refractivity contribution in [3.63, 3.8) is 0 Å². The minimum absolute atomic E-state index is 0.705. The van der Waals surface area contributed by atoms with E-state index in [2.05, 4.69) is 19.2 Å². The van der Waals surface area contributed by atoms with E-state index in [0.29, 0.717) is 6.61 Å². The summed E-state index contributed by atoms with van der Waals surface area (Å²) in [6, 6.07) is 0. The maximum absolute atomic E-state index is 5.40. The summed E-state index contributed by atoms with van der Waals surface area (Å²) >= 11 is 0. The molecule has 1 N–H and O–H groups in total. The van der Waals surface area contributed by atoms with E-state index in [0.717, 1.165) is 32.2 Å². The Morgan fingerprint density at radius 2 is 1.93 bits per heavy atom. The number of unbranched alkanes of at least 4 members (excludes halogenated alkanes) is 1. The summed E-state index contributed by atoms with van der Waals surface area (Å²) in [5, 5.41) is 3.37. The van der Waals surface area contributed by atoms with Gasteiger partial charge in [-0.2, -0.15) is 0 Å². The number of rotatable bonds is 11. The number of methoxy groups -OCH3 is 1. The van der Waals surface area contributed by atoms with Crippen LogP contribution >= 0.6 is 0 Å². The molecule has 1 atom stereocenters. The highest BCUT2D eigenvalue weighted by Gasteiger charge is 2.00. The Bertz CT molecular complexity index is 120. The average Bonchev–Trinajstić information content (AvgIpc) is 2.25. The zero-order chi connectivity index (χ0) is 11.4. The fourth-order valence-electron chi connectivity index (χ4n) is 1.43. The van der Waals surface area contributed by atoms with Gasteiger partial charge in [-0.3, -0.25) is 0 Å². The molecule has 3 heteroatoms. The van der Waals surface area contributed by atoms with Gasteiger partial charge in [-0.25, -0.2) is 0 Å². The molecule has 0 aromatic carbocycles. The molecular formula is C12H27NO2. The van der Waals surface area contributed by atoms with Gasteiger partial charge in [0, 0.05) is 13.7 Å². The van der Waals surface area contributed by atoms with Crippen molar-refractivity contribution in [2.24, 2.45) is 5.92 Å². The van der Waals surface area contributed by atoms with Crippen LogP contribution in [0.4, 0.5) is 0 Å². The first-order chi connectivity index (χ1) is 7.31.